The van der Waals surface area contributed by atoms with E-state index >= 15 is 0 Å². The molecule has 1 aromatic carbocycles. The van der Waals surface area contributed by atoms with Crippen molar-refractivity contribution in [2.75, 3.05) is 19.8 Å². The summed E-state index contributed by atoms with van der Waals surface area (Å²) in [5, 5.41) is 9.69. The topological polar surface area (TPSA) is 104 Å². The average molecular weight is 372 g/mol. The van der Waals surface area contributed by atoms with Crippen molar-refractivity contribution in [1.82, 2.24) is 0 Å². The Morgan fingerprint density at radius 1 is 1.22 bits per heavy atom. The molecular formula is C20H24N2O5. The number of hydrogen-bond donors (Lipinski definition) is 1. The van der Waals surface area contributed by atoms with Crippen LogP contribution >= 0.6 is 0 Å². The lowest BCUT2D eigenvalue weighted by atomic mass is 9.82. The van der Waals surface area contributed by atoms with Gasteiger partial charge in [0.2, 0.25) is 5.88 Å². The van der Waals surface area contributed by atoms with Crippen LogP contribution in [0.25, 0.3) is 0 Å². The molecule has 2 rings (SSSR count). The molecule has 0 spiro atoms. The molecule has 2 N–H and O–H groups in total. The maximum atomic E-state index is 12.6. The van der Waals surface area contributed by atoms with Gasteiger partial charge < -0.3 is 24.7 Å². The average Bonchev–Trinajstić information content (AvgIpc) is 2.63. The molecule has 1 heterocycles. The quantitative estimate of drug-likeness (QED) is 0.733. The van der Waals surface area contributed by atoms with Crippen LogP contribution in [0, 0.1) is 11.3 Å². The molecule has 7 heteroatoms. The van der Waals surface area contributed by atoms with Crippen molar-refractivity contribution in [3.05, 3.63) is 46.6 Å². The highest BCUT2D eigenvalue weighted by molar-refractivity contribution is 5.92. The van der Waals surface area contributed by atoms with E-state index in [1.807, 2.05) is 13.8 Å². The minimum atomic E-state index is -0.773. The third-order valence-electron chi connectivity index (χ3n) is 4.00. The van der Waals surface area contributed by atoms with Crippen LogP contribution in [0.15, 0.2) is 41.0 Å². The Morgan fingerprint density at radius 3 is 2.52 bits per heavy atom. The molecule has 0 saturated heterocycles. The molecule has 0 amide bonds. The number of allylic oxidation sites excluding steroid dienone is 2. The van der Waals surface area contributed by atoms with E-state index in [-0.39, 0.29) is 23.6 Å². The lowest BCUT2D eigenvalue weighted by Gasteiger charge is -2.28. The van der Waals surface area contributed by atoms with E-state index in [4.69, 9.17) is 24.7 Å². The number of nitrogens with zero attached hydrogens (tertiary/aromatic N) is 1. The number of rotatable bonds is 7. The monoisotopic (exact) mass is 372 g/mol. The van der Waals surface area contributed by atoms with Gasteiger partial charge in [-0.15, -0.1) is 0 Å². The number of hydrogen-bond acceptors (Lipinski definition) is 7. The standard InChI is InChI=1S/C20H24N2O5/c1-5-24-13-8-9-16(25-6-2)14(10-13)18-15(11-21)19(22)27-12(4)17(18)20(23)26-7-3/h8-10,18H,5-7,22H2,1-4H3/t18-/m0/s1. The van der Waals surface area contributed by atoms with Crippen LogP contribution < -0.4 is 15.2 Å². The predicted molar refractivity (Wildman–Crippen MR) is 98.8 cm³/mol. The Bertz CT molecular complexity index is 820. The maximum absolute atomic E-state index is 12.6. The van der Waals surface area contributed by atoms with Gasteiger partial charge in [0.05, 0.1) is 31.3 Å². The van der Waals surface area contributed by atoms with Gasteiger partial charge in [-0.25, -0.2) is 4.79 Å². The fraction of sp³-hybridized carbons (Fsp3) is 0.400. The second kappa shape index (κ2) is 8.99. The Kier molecular flexibility index (Phi) is 6.72. The van der Waals surface area contributed by atoms with Crippen LogP contribution in [0.1, 0.15) is 39.2 Å². The lowest BCUT2D eigenvalue weighted by molar-refractivity contribution is -0.139. The van der Waals surface area contributed by atoms with Crippen LogP contribution in [-0.4, -0.2) is 25.8 Å². The summed E-state index contributed by atoms with van der Waals surface area (Å²) < 4.78 is 21.9. The first-order valence-corrected chi connectivity index (χ1v) is 8.83. The molecule has 0 unspecified atom stereocenters. The van der Waals surface area contributed by atoms with Crippen LogP contribution in [0.4, 0.5) is 0 Å². The molecule has 1 aliphatic heterocycles. The first-order chi connectivity index (χ1) is 13.0. The highest BCUT2D eigenvalue weighted by Crippen LogP contribution is 2.44. The number of carbonyl (C=O) groups excluding carboxylic acids is 1. The third-order valence-corrected chi connectivity index (χ3v) is 4.00. The van der Waals surface area contributed by atoms with E-state index in [1.54, 1.807) is 32.0 Å². The summed E-state index contributed by atoms with van der Waals surface area (Å²) in [5.74, 6) is 0.0351. The Hall–Kier alpha value is -3.14. The van der Waals surface area contributed by atoms with E-state index in [9.17, 15) is 10.1 Å². The molecule has 0 fully saturated rings. The predicted octanol–water partition coefficient (Wildman–Crippen LogP) is 3.13. The summed E-state index contributed by atoms with van der Waals surface area (Å²) in [4.78, 5) is 12.6. The Labute approximate surface area is 159 Å². The summed E-state index contributed by atoms with van der Waals surface area (Å²) in [7, 11) is 0. The van der Waals surface area contributed by atoms with Gasteiger partial charge in [0.1, 0.15) is 28.9 Å². The van der Waals surface area contributed by atoms with Crippen molar-refractivity contribution in [3.8, 4) is 17.6 Å². The maximum Gasteiger partial charge on any atom is 0.338 e. The third kappa shape index (κ3) is 4.17. The number of nitrogens with two attached hydrogens (primary N) is 1. The fourth-order valence-corrected chi connectivity index (χ4v) is 2.96. The fourth-order valence-electron chi connectivity index (χ4n) is 2.96. The SMILES string of the molecule is CCOC(=O)C1=C(C)OC(N)=C(C#N)[C@@H]1c1cc(OCC)ccc1OCC. The van der Waals surface area contributed by atoms with Crippen molar-refractivity contribution in [1.29, 1.82) is 5.26 Å². The van der Waals surface area contributed by atoms with E-state index in [1.165, 1.54) is 0 Å². The normalized spacial score (nSPS) is 16.5. The number of esters is 1. The van der Waals surface area contributed by atoms with Gasteiger partial charge in [0, 0.05) is 5.56 Å². The van der Waals surface area contributed by atoms with Crippen molar-refractivity contribution < 1.29 is 23.7 Å². The first kappa shape index (κ1) is 20.2. The molecule has 0 saturated carbocycles. The second-order valence-corrected chi connectivity index (χ2v) is 5.68. The van der Waals surface area contributed by atoms with Crippen molar-refractivity contribution in [3.63, 3.8) is 0 Å². The molecule has 0 aliphatic carbocycles. The Morgan fingerprint density at radius 2 is 1.93 bits per heavy atom. The summed E-state index contributed by atoms with van der Waals surface area (Å²) in [6.07, 6.45) is 0. The van der Waals surface area contributed by atoms with E-state index in [0.29, 0.717) is 36.0 Å². The molecule has 0 radical (unpaired) electrons. The van der Waals surface area contributed by atoms with Crippen molar-refractivity contribution in [2.24, 2.45) is 5.73 Å². The van der Waals surface area contributed by atoms with Crippen LogP contribution in [0.5, 0.6) is 11.5 Å². The number of nitriles is 1. The summed E-state index contributed by atoms with van der Waals surface area (Å²) in [6, 6.07) is 7.34. The Balaban J connectivity index is 2.71. The largest absolute Gasteiger partial charge is 0.494 e. The zero-order valence-electron chi connectivity index (χ0n) is 16.0. The number of carbonyl (C=O) groups is 1. The zero-order chi connectivity index (χ0) is 20.0. The molecule has 7 nitrogen and oxygen atoms in total. The first-order valence-electron chi connectivity index (χ1n) is 8.83. The molecule has 1 atom stereocenters. The lowest BCUT2D eigenvalue weighted by Crippen LogP contribution is -2.26. The van der Waals surface area contributed by atoms with Gasteiger partial charge in [-0.1, -0.05) is 0 Å². The summed E-state index contributed by atoms with van der Waals surface area (Å²) in [6.45, 7) is 8.15. The molecule has 27 heavy (non-hydrogen) atoms. The van der Waals surface area contributed by atoms with E-state index in [2.05, 4.69) is 6.07 Å². The highest BCUT2D eigenvalue weighted by Gasteiger charge is 2.38. The smallest absolute Gasteiger partial charge is 0.338 e. The van der Waals surface area contributed by atoms with Gasteiger partial charge >= 0.3 is 5.97 Å². The minimum absolute atomic E-state index is 0.0442. The van der Waals surface area contributed by atoms with Gasteiger partial charge in [-0.3, -0.25) is 0 Å². The number of benzene rings is 1. The number of ether oxygens (including phenoxy) is 4. The molecule has 1 aliphatic rings. The molecular weight excluding hydrogens is 348 g/mol. The van der Waals surface area contributed by atoms with Crippen molar-refractivity contribution >= 4 is 5.97 Å². The molecule has 0 bridgehead atoms. The van der Waals surface area contributed by atoms with Gasteiger partial charge in [0.15, 0.2) is 0 Å². The zero-order valence-corrected chi connectivity index (χ0v) is 16.0. The van der Waals surface area contributed by atoms with Crippen LogP contribution in [-0.2, 0) is 14.3 Å². The summed E-state index contributed by atoms with van der Waals surface area (Å²) >= 11 is 0. The van der Waals surface area contributed by atoms with Gasteiger partial charge in [0.25, 0.3) is 0 Å². The summed E-state index contributed by atoms with van der Waals surface area (Å²) in [5.41, 5.74) is 6.88. The van der Waals surface area contributed by atoms with E-state index < -0.39 is 11.9 Å². The van der Waals surface area contributed by atoms with Crippen LogP contribution in [0.2, 0.25) is 0 Å². The molecule has 144 valence electrons. The molecule has 1 aromatic rings. The molecule has 0 aromatic heterocycles. The van der Waals surface area contributed by atoms with Crippen LogP contribution in [0.3, 0.4) is 0 Å². The van der Waals surface area contributed by atoms with E-state index in [0.717, 1.165) is 0 Å². The van der Waals surface area contributed by atoms with Gasteiger partial charge in [-0.2, -0.15) is 5.26 Å². The second-order valence-electron chi connectivity index (χ2n) is 5.68. The van der Waals surface area contributed by atoms with Crippen molar-refractivity contribution in [2.45, 2.75) is 33.6 Å². The minimum Gasteiger partial charge on any atom is -0.494 e. The highest BCUT2D eigenvalue weighted by atomic mass is 16.5. The van der Waals surface area contributed by atoms with Gasteiger partial charge in [-0.05, 0) is 45.9 Å².